The number of Topliss-reactive ketones (excluding diaryl/α,β-unsaturated/α-hetero) is 1. The number of carbonyl (C=O) groups is 2. The second-order valence-electron chi connectivity index (χ2n) is 9.38. The highest BCUT2D eigenvalue weighted by Crippen LogP contribution is 2.40. The number of nitrogens with zero attached hydrogens (tertiary/aromatic N) is 2. The highest BCUT2D eigenvalue weighted by atomic mass is 16.5. The minimum Gasteiger partial charge on any atom is -0.507 e. The zero-order chi connectivity index (χ0) is 25.1. The van der Waals surface area contributed by atoms with Gasteiger partial charge in [0.05, 0.1) is 18.2 Å². The van der Waals surface area contributed by atoms with Gasteiger partial charge in [0.1, 0.15) is 11.5 Å². The molecule has 1 N–H and O–H groups in total. The van der Waals surface area contributed by atoms with Gasteiger partial charge in [-0.3, -0.25) is 14.6 Å². The van der Waals surface area contributed by atoms with Crippen LogP contribution in [0.15, 0.2) is 72.6 Å². The van der Waals surface area contributed by atoms with Crippen molar-refractivity contribution in [3.05, 3.63) is 100 Å². The number of pyridine rings is 1. The fourth-order valence-electron chi connectivity index (χ4n) is 4.20. The third-order valence-electron chi connectivity index (χ3n) is 6.03. The Kier molecular flexibility index (Phi) is 7.01. The molecule has 1 amide bonds. The first-order valence-corrected chi connectivity index (χ1v) is 11.7. The average molecular weight is 471 g/mol. The van der Waals surface area contributed by atoms with E-state index in [2.05, 4.69) is 18.8 Å². The predicted molar refractivity (Wildman–Crippen MR) is 135 cm³/mol. The van der Waals surface area contributed by atoms with Gasteiger partial charge >= 0.3 is 0 Å². The van der Waals surface area contributed by atoms with Crippen LogP contribution < -0.4 is 4.74 Å². The molecule has 0 aliphatic carbocycles. The average Bonchev–Trinajstić information content (AvgIpc) is 3.09. The van der Waals surface area contributed by atoms with Crippen molar-refractivity contribution in [2.24, 2.45) is 5.92 Å². The summed E-state index contributed by atoms with van der Waals surface area (Å²) < 4.78 is 5.85. The molecule has 35 heavy (non-hydrogen) atoms. The van der Waals surface area contributed by atoms with Crippen molar-refractivity contribution in [3.63, 3.8) is 0 Å². The van der Waals surface area contributed by atoms with Crippen LogP contribution in [0, 0.1) is 19.8 Å². The Morgan fingerprint density at radius 3 is 2.46 bits per heavy atom. The maximum atomic E-state index is 13.3. The number of aliphatic hydroxyl groups is 1. The molecular formula is C29H30N2O4. The summed E-state index contributed by atoms with van der Waals surface area (Å²) in [5.41, 5.74) is 4.01. The Morgan fingerprint density at radius 1 is 1.09 bits per heavy atom. The Labute approximate surface area is 205 Å². The molecule has 1 atom stereocenters. The van der Waals surface area contributed by atoms with Crippen molar-refractivity contribution >= 4 is 17.4 Å². The number of rotatable bonds is 7. The number of amides is 1. The Balaban J connectivity index is 1.78. The number of aliphatic hydroxyl groups excluding tert-OH is 1. The Hall–Kier alpha value is -3.93. The molecule has 1 unspecified atom stereocenters. The Bertz CT molecular complexity index is 1260. The molecule has 1 fully saturated rings. The molecule has 6 nitrogen and oxygen atoms in total. The number of ether oxygens (including phenoxy) is 1. The van der Waals surface area contributed by atoms with Crippen LogP contribution in [-0.4, -0.2) is 33.3 Å². The highest BCUT2D eigenvalue weighted by Gasteiger charge is 2.46. The molecule has 1 aromatic heterocycles. The second kappa shape index (κ2) is 10.1. The summed E-state index contributed by atoms with van der Waals surface area (Å²) in [6, 6.07) is 15.9. The first-order chi connectivity index (χ1) is 16.8. The standard InChI is InChI=1S/C29H30N2O4/c1-18(2)17-35-24-12-11-23(14-20(24)4)27(32)25-26(22-9-7-19(3)8-10-22)31(29(34)28(25)33)16-21-6-5-13-30-15-21/h5-15,18,26,32H,16-17H2,1-4H3/b27-25+. The van der Waals surface area contributed by atoms with Crippen molar-refractivity contribution in [1.82, 2.24) is 9.88 Å². The van der Waals surface area contributed by atoms with Crippen LogP contribution in [0.2, 0.25) is 0 Å². The normalized spacial score (nSPS) is 17.3. The summed E-state index contributed by atoms with van der Waals surface area (Å²) in [6.45, 7) is 8.80. The zero-order valence-electron chi connectivity index (χ0n) is 20.5. The SMILES string of the molecule is Cc1ccc(C2/C(=C(\O)c3ccc(OCC(C)C)c(C)c3)C(=O)C(=O)N2Cc2cccnc2)cc1. The van der Waals surface area contributed by atoms with Gasteiger partial charge in [-0.25, -0.2) is 0 Å². The smallest absolute Gasteiger partial charge is 0.295 e. The summed E-state index contributed by atoms with van der Waals surface area (Å²) in [4.78, 5) is 32.1. The molecule has 0 spiro atoms. The van der Waals surface area contributed by atoms with Gasteiger partial charge in [0, 0.05) is 24.5 Å². The van der Waals surface area contributed by atoms with Crippen LogP contribution in [0.3, 0.4) is 0 Å². The molecule has 2 aromatic carbocycles. The van der Waals surface area contributed by atoms with Gasteiger partial charge in [0.15, 0.2) is 0 Å². The lowest BCUT2D eigenvalue weighted by atomic mass is 9.94. The number of benzene rings is 2. The van der Waals surface area contributed by atoms with Crippen LogP contribution in [-0.2, 0) is 16.1 Å². The summed E-state index contributed by atoms with van der Waals surface area (Å²) in [5, 5.41) is 11.3. The van der Waals surface area contributed by atoms with Crippen molar-refractivity contribution in [3.8, 4) is 5.75 Å². The van der Waals surface area contributed by atoms with Crippen LogP contribution in [0.4, 0.5) is 0 Å². The van der Waals surface area contributed by atoms with Crippen LogP contribution in [0.1, 0.15) is 47.7 Å². The van der Waals surface area contributed by atoms with E-state index in [0.29, 0.717) is 18.1 Å². The van der Waals surface area contributed by atoms with Crippen molar-refractivity contribution in [2.75, 3.05) is 6.61 Å². The van der Waals surface area contributed by atoms with Crippen molar-refractivity contribution in [1.29, 1.82) is 0 Å². The van der Waals surface area contributed by atoms with Crippen LogP contribution >= 0.6 is 0 Å². The van der Waals surface area contributed by atoms with Gasteiger partial charge < -0.3 is 14.7 Å². The molecule has 2 heterocycles. The topological polar surface area (TPSA) is 79.7 Å². The molecule has 3 aromatic rings. The minimum atomic E-state index is -0.715. The number of hydrogen-bond acceptors (Lipinski definition) is 5. The lowest BCUT2D eigenvalue weighted by Gasteiger charge is -2.25. The maximum Gasteiger partial charge on any atom is 0.295 e. The number of aryl methyl sites for hydroxylation is 2. The number of ketones is 1. The first kappa shape index (κ1) is 24.2. The fourth-order valence-corrected chi connectivity index (χ4v) is 4.20. The van der Waals surface area contributed by atoms with Gasteiger partial charge in [-0.1, -0.05) is 49.7 Å². The molecule has 4 rings (SSSR count). The zero-order valence-corrected chi connectivity index (χ0v) is 20.5. The van der Waals surface area contributed by atoms with E-state index in [1.165, 1.54) is 4.90 Å². The summed E-state index contributed by atoms with van der Waals surface area (Å²) in [6.07, 6.45) is 3.33. The number of carbonyl (C=O) groups excluding carboxylic acids is 2. The molecular weight excluding hydrogens is 440 g/mol. The van der Waals surface area contributed by atoms with Gasteiger partial charge in [-0.15, -0.1) is 0 Å². The van der Waals surface area contributed by atoms with Gasteiger partial charge in [-0.05, 0) is 60.7 Å². The van der Waals surface area contributed by atoms with Crippen molar-refractivity contribution < 1.29 is 19.4 Å². The van der Waals surface area contributed by atoms with Crippen LogP contribution in [0.25, 0.3) is 5.76 Å². The van der Waals surface area contributed by atoms with Gasteiger partial charge in [-0.2, -0.15) is 0 Å². The molecule has 0 bridgehead atoms. The van der Waals surface area contributed by atoms with E-state index in [1.807, 2.05) is 44.2 Å². The van der Waals surface area contributed by atoms with E-state index in [1.54, 1.807) is 36.7 Å². The first-order valence-electron chi connectivity index (χ1n) is 11.7. The van der Waals surface area contributed by atoms with E-state index < -0.39 is 17.7 Å². The highest BCUT2D eigenvalue weighted by molar-refractivity contribution is 6.46. The largest absolute Gasteiger partial charge is 0.507 e. The van der Waals surface area contributed by atoms with Crippen molar-refractivity contribution in [2.45, 2.75) is 40.3 Å². The molecule has 0 saturated carbocycles. The van der Waals surface area contributed by atoms with E-state index in [4.69, 9.17) is 4.74 Å². The summed E-state index contributed by atoms with van der Waals surface area (Å²) in [7, 11) is 0. The van der Waals surface area contributed by atoms with E-state index in [0.717, 1.165) is 28.0 Å². The van der Waals surface area contributed by atoms with Crippen LogP contribution in [0.5, 0.6) is 5.75 Å². The fraction of sp³-hybridized carbons (Fsp3) is 0.276. The lowest BCUT2D eigenvalue weighted by Crippen LogP contribution is -2.29. The number of likely N-dealkylation sites (tertiary alicyclic amines) is 1. The molecule has 1 saturated heterocycles. The minimum absolute atomic E-state index is 0.0815. The molecule has 180 valence electrons. The summed E-state index contributed by atoms with van der Waals surface area (Å²) in [5.74, 6) is -0.430. The molecule has 1 aliphatic heterocycles. The van der Waals surface area contributed by atoms with Gasteiger partial charge in [0.25, 0.3) is 11.7 Å². The van der Waals surface area contributed by atoms with E-state index >= 15 is 0 Å². The quantitative estimate of drug-likeness (QED) is 0.286. The Morgan fingerprint density at radius 2 is 1.83 bits per heavy atom. The summed E-state index contributed by atoms with van der Waals surface area (Å²) >= 11 is 0. The number of aromatic nitrogens is 1. The maximum absolute atomic E-state index is 13.3. The molecule has 6 heteroatoms. The third kappa shape index (κ3) is 5.11. The monoisotopic (exact) mass is 470 g/mol. The molecule has 0 radical (unpaired) electrons. The van der Waals surface area contributed by atoms with E-state index in [-0.39, 0.29) is 17.9 Å². The second-order valence-corrected chi connectivity index (χ2v) is 9.38. The van der Waals surface area contributed by atoms with Gasteiger partial charge in [0.2, 0.25) is 0 Å². The lowest BCUT2D eigenvalue weighted by molar-refractivity contribution is -0.140. The van der Waals surface area contributed by atoms with E-state index in [9.17, 15) is 14.7 Å². The molecule has 1 aliphatic rings. The third-order valence-corrected chi connectivity index (χ3v) is 6.03. The number of hydrogen-bond donors (Lipinski definition) is 1. The predicted octanol–water partition coefficient (Wildman–Crippen LogP) is 5.36.